The lowest BCUT2D eigenvalue weighted by Crippen LogP contribution is -2.46. The average molecular weight is 399 g/mol. The van der Waals surface area contributed by atoms with Crippen molar-refractivity contribution in [2.24, 2.45) is 5.41 Å². The lowest BCUT2D eigenvalue weighted by atomic mass is 9.95. The van der Waals surface area contributed by atoms with Gasteiger partial charge in [-0.15, -0.1) is 0 Å². The summed E-state index contributed by atoms with van der Waals surface area (Å²) in [6, 6.07) is 8.68. The first kappa shape index (κ1) is 19.4. The molecular formula is C21H25N3O5. The number of amides is 1. The van der Waals surface area contributed by atoms with Gasteiger partial charge in [0.05, 0.1) is 0 Å². The van der Waals surface area contributed by atoms with E-state index in [-0.39, 0.29) is 18.1 Å². The summed E-state index contributed by atoms with van der Waals surface area (Å²) in [6.07, 6.45) is 2.66. The predicted octanol–water partition coefficient (Wildman–Crippen LogP) is 3.12. The van der Waals surface area contributed by atoms with Crippen molar-refractivity contribution in [1.82, 2.24) is 15.0 Å². The Morgan fingerprint density at radius 3 is 2.66 bits per heavy atom. The van der Waals surface area contributed by atoms with Gasteiger partial charge in [0.1, 0.15) is 18.2 Å². The van der Waals surface area contributed by atoms with Gasteiger partial charge in [-0.25, -0.2) is 9.59 Å². The van der Waals surface area contributed by atoms with Crippen LogP contribution in [0.15, 0.2) is 41.2 Å². The number of carbonyl (C=O) groups excluding carboxylic acids is 2. The van der Waals surface area contributed by atoms with Gasteiger partial charge in [-0.1, -0.05) is 35.5 Å². The summed E-state index contributed by atoms with van der Waals surface area (Å²) in [5.74, 6) is 0.0896. The summed E-state index contributed by atoms with van der Waals surface area (Å²) < 4.78 is 16.3. The summed E-state index contributed by atoms with van der Waals surface area (Å²) >= 11 is 0. The number of piperidine rings is 1. The monoisotopic (exact) mass is 399 g/mol. The molecule has 0 N–H and O–H groups in total. The van der Waals surface area contributed by atoms with E-state index in [9.17, 15) is 9.59 Å². The summed E-state index contributed by atoms with van der Waals surface area (Å²) in [5, 5.41) is 3.65. The maximum atomic E-state index is 12.9. The molecule has 1 aliphatic carbocycles. The van der Waals surface area contributed by atoms with Crippen molar-refractivity contribution in [3.8, 4) is 0 Å². The van der Waals surface area contributed by atoms with Gasteiger partial charge in [0.25, 0.3) is 0 Å². The maximum absolute atomic E-state index is 12.9. The lowest BCUT2D eigenvalue weighted by molar-refractivity contribution is -0.150. The SMILES string of the molecule is CC(C)(C)OC(=O)N1[C@H]2C[C@@]2(Cc2ncno2)C[C@H]1C(=O)OCc1ccccc1. The summed E-state index contributed by atoms with van der Waals surface area (Å²) in [6.45, 7) is 5.59. The number of nitrogens with zero attached hydrogens (tertiary/aromatic N) is 3. The second-order valence-corrected chi connectivity index (χ2v) is 8.79. The zero-order valence-electron chi connectivity index (χ0n) is 16.8. The smallest absolute Gasteiger partial charge is 0.411 e. The van der Waals surface area contributed by atoms with E-state index in [1.807, 2.05) is 51.1 Å². The molecule has 1 aromatic heterocycles. The van der Waals surface area contributed by atoms with E-state index < -0.39 is 23.7 Å². The van der Waals surface area contributed by atoms with Gasteiger partial charge in [0.15, 0.2) is 6.33 Å². The fourth-order valence-corrected chi connectivity index (χ4v) is 4.07. The number of benzene rings is 1. The normalized spacial score (nSPS) is 25.4. The molecule has 0 radical (unpaired) electrons. The molecule has 8 heteroatoms. The van der Waals surface area contributed by atoms with Gasteiger partial charge in [-0.3, -0.25) is 4.90 Å². The molecule has 0 spiro atoms. The molecular weight excluding hydrogens is 374 g/mol. The highest BCUT2D eigenvalue weighted by Crippen LogP contribution is 2.61. The zero-order chi connectivity index (χ0) is 20.6. The topological polar surface area (TPSA) is 94.8 Å². The molecule has 2 aliphatic rings. The van der Waals surface area contributed by atoms with Gasteiger partial charge >= 0.3 is 12.1 Å². The van der Waals surface area contributed by atoms with Crippen molar-refractivity contribution in [2.75, 3.05) is 0 Å². The Labute approximate surface area is 169 Å². The third-order valence-corrected chi connectivity index (χ3v) is 5.43. The van der Waals surface area contributed by atoms with Gasteiger partial charge < -0.3 is 14.0 Å². The minimum Gasteiger partial charge on any atom is -0.459 e. The van der Waals surface area contributed by atoms with Crippen molar-refractivity contribution in [3.63, 3.8) is 0 Å². The molecule has 8 nitrogen and oxygen atoms in total. The summed E-state index contributed by atoms with van der Waals surface area (Å²) in [4.78, 5) is 31.4. The molecule has 1 amide bonds. The summed E-state index contributed by atoms with van der Waals surface area (Å²) in [7, 11) is 0. The third-order valence-electron chi connectivity index (χ3n) is 5.43. The van der Waals surface area contributed by atoms with Crippen LogP contribution in [-0.4, -0.2) is 44.8 Å². The molecule has 1 saturated heterocycles. The molecule has 0 unspecified atom stereocenters. The Bertz CT molecular complexity index is 877. The van der Waals surface area contributed by atoms with Crippen molar-refractivity contribution >= 4 is 12.1 Å². The van der Waals surface area contributed by atoms with E-state index in [0.717, 1.165) is 12.0 Å². The van der Waals surface area contributed by atoms with Gasteiger partial charge in [0, 0.05) is 17.9 Å². The van der Waals surface area contributed by atoms with Crippen molar-refractivity contribution in [1.29, 1.82) is 0 Å². The standard InChI is InChI=1S/C21H25N3O5/c1-20(2,3)28-19(26)24-15(18(25)27-12-14-7-5-4-6-8-14)9-21(10-16(21)24)11-17-22-13-23-29-17/h4-8,13,15-16H,9-12H2,1-3H3/t15-,16-,21+/m0/s1. The highest BCUT2D eigenvalue weighted by atomic mass is 16.6. The van der Waals surface area contributed by atoms with Crippen LogP contribution in [0.5, 0.6) is 0 Å². The second kappa shape index (κ2) is 7.17. The van der Waals surface area contributed by atoms with Crippen molar-refractivity contribution in [3.05, 3.63) is 48.1 Å². The first-order chi connectivity index (χ1) is 13.8. The number of fused-ring (bicyclic) bond motifs is 1. The largest absolute Gasteiger partial charge is 0.459 e. The average Bonchev–Trinajstić information content (AvgIpc) is 3.01. The van der Waals surface area contributed by atoms with Crippen LogP contribution in [0.4, 0.5) is 4.79 Å². The van der Waals surface area contributed by atoms with Crippen LogP contribution in [0.3, 0.4) is 0 Å². The molecule has 3 atom stereocenters. The highest BCUT2D eigenvalue weighted by molar-refractivity contribution is 5.83. The van der Waals surface area contributed by atoms with E-state index in [0.29, 0.717) is 18.7 Å². The van der Waals surface area contributed by atoms with Crippen molar-refractivity contribution < 1.29 is 23.6 Å². The quantitative estimate of drug-likeness (QED) is 0.713. The first-order valence-corrected chi connectivity index (χ1v) is 9.75. The molecule has 2 heterocycles. The van der Waals surface area contributed by atoms with Crippen LogP contribution < -0.4 is 0 Å². The van der Waals surface area contributed by atoms with Gasteiger partial charge in [0.2, 0.25) is 5.89 Å². The lowest BCUT2D eigenvalue weighted by Gasteiger charge is -2.29. The number of hydrogen-bond donors (Lipinski definition) is 0. The predicted molar refractivity (Wildman–Crippen MR) is 102 cm³/mol. The Morgan fingerprint density at radius 2 is 2.00 bits per heavy atom. The van der Waals surface area contributed by atoms with E-state index >= 15 is 0 Å². The fraction of sp³-hybridized carbons (Fsp3) is 0.524. The number of rotatable bonds is 5. The van der Waals surface area contributed by atoms with E-state index in [1.165, 1.54) is 6.33 Å². The highest BCUT2D eigenvalue weighted by Gasteiger charge is 2.68. The van der Waals surface area contributed by atoms with Crippen LogP contribution in [-0.2, 0) is 27.3 Å². The van der Waals surface area contributed by atoms with Crippen LogP contribution in [0.1, 0.15) is 45.1 Å². The molecule has 2 fully saturated rings. The van der Waals surface area contributed by atoms with Crippen LogP contribution in [0, 0.1) is 5.41 Å². The maximum Gasteiger partial charge on any atom is 0.411 e. The van der Waals surface area contributed by atoms with E-state index in [1.54, 1.807) is 4.90 Å². The first-order valence-electron chi connectivity index (χ1n) is 9.75. The minimum atomic E-state index is -0.685. The zero-order valence-corrected chi connectivity index (χ0v) is 16.8. The third kappa shape index (κ3) is 4.11. The van der Waals surface area contributed by atoms with Crippen molar-refractivity contribution in [2.45, 2.75) is 64.3 Å². The molecule has 1 aromatic carbocycles. The van der Waals surface area contributed by atoms with Crippen LogP contribution in [0.2, 0.25) is 0 Å². The molecule has 2 aromatic rings. The Kier molecular flexibility index (Phi) is 4.80. The number of aromatic nitrogens is 2. The number of ether oxygens (including phenoxy) is 2. The Hall–Kier alpha value is -2.90. The second-order valence-electron chi connectivity index (χ2n) is 8.79. The number of hydrogen-bond acceptors (Lipinski definition) is 7. The number of likely N-dealkylation sites (tertiary alicyclic amines) is 1. The number of carbonyl (C=O) groups is 2. The minimum absolute atomic E-state index is 0.0986. The molecule has 1 saturated carbocycles. The van der Waals surface area contributed by atoms with E-state index in [4.69, 9.17) is 14.0 Å². The summed E-state index contributed by atoms with van der Waals surface area (Å²) in [5.41, 5.74) is -0.00406. The molecule has 29 heavy (non-hydrogen) atoms. The van der Waals surface area contributed by atoms with Crippen LogP contribution >= 0.6 is 0 Å². The molecule has 1 aliphatic heterocycles. The Balaban J connectivity index is 1.50. The number of esters is 1. The van der Waals surface area contributed by atoms with Gasteiger partial charge in [-0.05, 0) is 39.2 Å². The van der Waals surface area contributed by atoms with Gasteiger partial charge in [-0.2, -0.15) is 4.98 Å². The Morgan fingerprint density at radius 1 is 1.24 bits per heavy atom. The molecule has 0 bridgehead atoms. The van der Waals surface area contributed by atoms with E-state index in [2.05, 4.69) is 10.1 Å². The molecule has 154 valence electrons. The van der Waals surface area contributed by atoms with Crippen LogP contribution in [0.25, 0.3) is 0 Å². The fourth-order valence-electron chi connectivity index (χ4n) is 4.07. The molecule has 4 rings (SSSR count).